The van der Waals surface area contributed by atoms with Gasteiger partial charge in [-0.05, 0) is 19.9 Å². The van der Waals surface area contributed by atoms with Crippen molar-refractivity contribution in [2.45, 2.75) is 19.3 Å². The summed E-state index contributed by atoms with van der Waals surface area (Å²) >= 11 is 0. The molecule has 10 nitrogen and oxygen atoms in total. The van der Waals surface area contributed by atoms with Gasteiger partial charge in [0.2, 0.25) is 11.8 Å². The number of fused-ring (bicyclic) bond motifs is 2. The van der Waals surface area contributed by atoms with E-state index in [-0.39, 0.29) is 35.7 Å². The zero-order valence-corrected chi connectivity index (χ0v) is 18.5. The maximum Gasteiger partial charge on any atom is 0.341 e. The van der Waals surface area contributed by atoms with Gasteiger partial charge >= 0.3 is 17.9 Å². The molecule has 1 amide bonds. The molecule has 2 N–H and O–H groups in total. The van der Waals surface area contributed by atoms with E-state index in [0.29, 0.717) is 5.69 Å². The van der Waals surface area contributed by atoms with E-state index < -0.39 is 41.7 Å². The molecule has 10 heteroatoms. The Morgan fingerprint density at radius 3 is 2.48 bits per heavy atom. The number of carbonyl (C=O) groups excluding carboxylic acids is 4. The van der Waals surface area contributed by atoms with Crippen molar-refractivity contribution in [1.82, 2.24) is 0 Å². The van der Waals surface area contributed by atoms with Crippen LogP contribution in [-0.4, -0.2) is 50.7 Å². The Labute approximate surface area is 190 Å². The number of carbonyl (C=O) groups is 4. The third-order valence-electron chi connectivity index (χ3n) is 5.31. The number of ether oxygens (including phenoxy) is 4. The molecule has 2 aliphatic heterocycles. The zero-order valence-electron chi connectivity index (χ0n) is 18.5. The molecule has 0 bridgehead atoms. The number of hydrogen-bond acceptors (Lipinski definition) is 9. The third-order valence-corrected chi connectivity index (χ3v) is 5.31. The van der Waals surface area contributed by atoms with Gasteiger partial charge < -0.3 is 24.7 Å². The first-order valence-electron chi connectivity index (χ1n) is 10.1. The van der Waals surface area contributed by atoms with Crippen molar-refractivity contribution in [2.24, 2.45) is 5.73 Å². The lowest BCUT2D eigenvalue weighted by molar-refractivity contribution is -0.143. The standard InChI is InChI=1S/C23H24N2O8/c1-5-11-32-20(27)17-13(3)33-19(24)18(21(28)31-6-2)23(17)14-9-7-8-10-15(14)25(22(23)29)12-16(26)30-4/h5,7-10H,1,6,11-12,24H2,2-4H3/t23-/m0/s1. The molecule has 0 radical (unpaired) electrons. The number of nitrogens with two attached hydrogens (primary N) is 1. The summed E-state index contributed by atoms with van der Waals surface area (Å²) in [5, 5.41) is 0. The SMILES string of the molecule is C=CCOC(=O)C1=C(C)OC(N)=C(C(=O)OCC)[C@@]12C(=O)N(CC(=O)OC)c1ccccc12. The van der Waals surface area contributed by atoms with Gasteiger partial charge in [-0.25, -0.2) is 9.59 Å². The number of rotatable bonds is 7. The smallest absolute Gasteiger partial charge is 0.341 e. The number of hydrogen-bond donors (Lipinski definition) is 1. The largest absolute Gasteiger partial charge is 0.468 e. The van der Waals surface area contributed by atoms with E-state index in [1.165, 1.54) is 20.1 Å². The Bertz CT molecular complexity index is 1100. The number of benzene rings is 1. The van der Waals surface area contributed by atoms with Gasteiger partial charge in [0.1, 0.15) is 35.5 Å². The highest BCUT2D eigenvalue weighted by atomic mass is 16.5. The van der Waals surface area contributed by atoms with Gasteiger partial charge in [-0.2, -0.15) is 0 Å². The fourth-order valence-corrected chi connectivity index (χ4v) is 4.09. The quantitative estimate of drug-likeness (QED) is 0.365. The number of amides is 1. The van der Waals surface area contributed by atoms with Gasteiger partial charge in [-0.1, -0.05) is 30.9 Å². The lowest BCUT2D eigenvalue weighted by Crippen LogP contribution is -2.51. The summed E-state index contributed by atoms with van der Waals surface area (Å²) in [5.74, 6) is -3.75. The van der Waals surface area contributed by atoms with E-state index in [0.717, 1.165) is 4.90 Å². The minimum absolute atomic E-state index is 0.0215. The van der Waals surface area contributed by atoms with Crippen molar-refractivity contribution in [3.8, 4) is 0 Å². The van der Waals surface area contributed by atoms with Crippen molar-refractivity contribution in [1.29, 1.82) is 0 Å². The van der Waals surface area contributed by atoms with Crippen LogP contribution in [0.1, 0.15) is 19.4 Å². The first kappa shape index (κ1) is 23.6. The predicted octanol–water partition coefficient (Wildman–Crippen LogP) is 1.21. The molecule has 174 valence electrons. The minimum Gasteiger partial charge on any atom is -0.468 e. The van der Waals surface area contributed by atoms with Crippen LogP contribution < -0.4 is 10.6 Å². The maximum atomic E-state index is 14.1. The van der Waals surface area contributed by atoms with Crippen LogP contribution in [0.5, 0.6) is 0 Å². The molecule has 0 aliphatic carbocycles. The molecule has 2 heterocycles. The number of esters is 3. The van der Waals surface area contributed by atoms with Crippen LogP contribution in [0, 0.1) is 0 Å². The maximum absolute atomic E-state index is 14.1. The fraction of sp³-hybridized carbons (Fsp3) is 0.304. The molecule has 0 fully saturated rings. The summed E-state index contributed by atoms with van der Waals surface area (Å²) in [4.78, 5) is 53.7. The summed E-state index contributed by atoms with van der Waals surface area (Å²) in [7, 11) is 1.18. The van der Waals surface area contributed by atoms with E-state index in [9.17, 15) is 19.2 Å². The van der Waals surface area contributed by atoms with Crippen molar-refractivity contribution in [2.75, 3.05) is 31.8 Å². The molecule has 2 aliphatic rings. The average molecular weight is 456 g/mol. The van der Waals surface area contributed by atoms with Crippen LogP contribution in [-0.2, 0) is 43.5 Å². The fourth-order valence-electron chi connectivity index (χ4n) is 4.09. The monoisotopic (exact) mass is 456 g/mol. The van der Waals surface area contributed by atoms with E-state index in [2.05, 4.69) is 6.58 Å². The van der Waals surface area contributed by atoms with Gasteiger partial charge in [0.25, 0.3) is 0 Å². The Morgan fingerprint density at radius 2 is 1.85 bits per heavy atom. The second-order valence-corrected chi connectivity index (χ2v) is 7.11. The number of para-hydroxylation sites is 1. The molecule has 0 aromatic heterocycles. The van der Waals surface area contributed by atoms with Crippen molar-refractivity contribution >= 4 is 29.5 Å². The highest BCUT2D eigenvalue weighted by Crippen LogP contribution is 2.54. The third kappa shape index (κ3) is 3.63. The summed E-state index contributed by atoms with van der Waals surface area (Å²) in [5.41, 5.74) is 3.98. The van der Waals surface area contributed by atoms with Crippen LogP contribution in [0.3, 0.4) is 0 Å². The Kier molecular flexibility index (Phi) is 6.57. The Balaban J connectivity index is 2.37. The highest BCUT2D eigenvalue weighted by Gasteiger charge is 2.64. The lowest BCUT2D eigenvalue weighted by atomic mass is 9.67. The molecule has 3 rings (SSSR count). The number of allylic oxidation sites excluding steroid dienone is 1. The minimum atomic E-state index is -2.05. The predicted molar refractivity (Wildman–Crippen MR) is 115 cm³/mol. The summed E-state index contributed by atoms with van der Waals surface area (Å²) < 4.78 is 20.7. The number of anilines is 1. The second kappa shape index (κ2) is 9.19. The molecule has 0 saturated carbocycles. The topological polar surface area (TPSA) is 134 Å². The van der Waals surface area contributed by atoms with Gasteiger partial charge in [-0.3, -0.25) is 14.5 Å². The molecule has 0 saturated heterocycles. The van der Waals surface area contributed by atoms with Gasteiger partial charge in [0, 0.05) is 11.3 Å². The molecule has 0 unspecified atom stereocenters. The molecular weight excluding hydrogens is 432 g/mol. The zero-order chi connectivity index (χ0) is 24.3. The van der Waals surface area contributed by atoms with E-state index in [1.807, 2.05) is 0 Å². The summed E-state index contributed by atoms with van der Waals surface area (Å²) in [6.45, 7) is 5.90. The number of nitrogens with zero attached hydrogens (tertiary/aromatic N) is 1. The van der Waals surface area contributed by atoms with Crippen LogP contribution in [0.25, 0.3) is 0 Å². The summed E-state index contributed by atoms with van der Waals surface area (Å²) in [6.07, 6.45) is 1.36. The van der Waals surface area contributed by atoms with E-state index in [1.54, 1.807) is 31.2 Å². The van der Waals surface area contributed by atoms with Crippen LogP contribution in [0.15, 0.2) is 59.7 Å². The first-order valence-corrected chi connectivity index (χ1v) is 10.1. The number of methoxy groups -OCH3 is 1. The van der Waals surface area contributed by atoms with E-state index in [4.69, 9.17) is 24.7 Å². The summed E-state index contributed by atoms with van der Waals surface area (Å²) in [6, 6.07) is 6.43. The molecule has 1 spiro atoms. The molecular formula is C23H24N2O8. The van der Waals surface area contributed by atoms with Crippen LogP contribution in [0.4, 0.5) is 5.69 Å². The van der Waals surface area contributed by atoms with Gasteiger partial charge in [0.15, 0.2) is 0 Å². The Morgan fingerprint density at radius 1 is 1.18 bits per heavy atom. The average Bonchev–Trinajstić information content (AvgIpc) is 3.01. The molecule has 1 aromatic rings. The van der Waals surface area contributed by atoms with Gasteiger partial charge in [0.05, 0.1) is 13.7 Å². The van der Waals surface area contributed by atoms with Crippen LogP contribution >= 0.6 is 0 Å². The highest BCUT2D eigenvalue weighted by molar-refractivity contribution is 6.23. The van der Waals surface area contributed by atoms with Crippen molar-refractivity contribution in [3.63, 3.8) is 0 Å². The van der Waals surface area contributed by atoms with E-state index >= 15 is 0 Å². The first-order chi connectivity index (χ1) is 15.7. The molecule has 33 heavy (non-hydrogen) atoms. The van der Waals surface area contributed by atoms with Gasteiger partial charge in [-0.15, -0.1) is 0 Å². The Hall–Kier alpha value is -4.08. The second-order valence-electron chi connectivity index (χ2n) is 7.11. The van der Waals surface area contributed by atoms with Crippen molar-refractivity contribution in [3.05, 3.63) is 65.3 Å². The lowest BCUT2D eigenvalue weighted by Gasteiger charge is -2.36. The normalized spacial score (nSPS) is 19.2. The molecule has 1 atom stereocenters. The molecule has 1 aromatic carbocycles. The van der Waals surface area contributed by atoms with Crippen LogP contribution in [0.2, 0.25) is 0 Å². The van der Waals surface area contributed by atoms with Crippen molar-refractivity contribution < 1.29 is 38.1 Å².